The maximum atomic E-state index is 11.6. The molecule has 0 spiro atoms. The summed E-state index contributed by atoms with van der Waals surface area (Å²) in [7, 11) is 0. The standard InChI is InChI=1S/2C28H54O4.C20H38O4/c2*1-27(2,3)31-25(29)23-21-19-17-15-13-11-9-7-8-10-12-14-16-18-20-22-24-26(30)32-28(4,5)6;21-19(22)17-15-13-11-9-7-5-3-1-2-4-6-8-10-12-14-16-18-20(23)24/h2*7-24H2,1-6H3;1-18H2,(H,21,22)(H,23,24). The minimum Gasteiger partial charge on any atom is -0.481 e. The quantitative estimate of drug-likeness (QED) is 0.0335. The summed E-state index contributed by atoms with van der Waals surface area (Å²) in [6.45, 7) is 23.0. The number of carboxylic acid groups (broad SMARTS) is 2. The summed E-state index contributed by atoms with van der Waals surface area (Å²) in [4.78, 5) is 67.3. The van der Waals surface area contributed by atoms with Crippen molar-refractivity contribution in [3.8, 4) is 0 Å². The van der Waals surface area contributed by atoms with Gasteiger partial charge in [0.15, 0.2) is 0 Å². The van der Waals surface area contributed by atoms with E-state index < -0.39 is 11.9 Å². The average molecular weight is 1250 g/mol. The molecule has 0 amide bonds. The highest BCUT2D eigenvalue weighted by atomic mass is 16.6. The molecule has 0 aromatic rings. The summed E-state index contributed by atoms with van der Waals surface area (Å²) < 4.78 is 21.3. The van der Waals surface area contributed by atoms with Gasteiger partial charge in [0.2, 0.25) is 0 Å². The Balaban J connectivity index is -0.00000125. The first-order valence-electron chi connectivity index (χ1n) is 36.9. The third kappa shape index (κ3) is 87.0. The van der Waals surface area contributed by atoms with Crippen LogP contribution >= 0.6 is 0 Å². The van der Waals surface area contributed by atoms with E-state index in [2.05, 4.69) is 0 Å². The molecule has 0 aromatic carbocycles. The maximum Gasteiger partial charge on any atom is 0.306 e. The highest BCUT2D eigenvalue weighted by Crippen LogP contribution is 2.20. The van der Waals surface area contributed by atoms with Crippen molar-refractivity contribution in [3.63, 3.8) is 0 Å². The van der Waals surface area contributed by atoms with E-state index in [1.807, 2.05) is 83.1 Å². The molecule has 2 N–H and O–H groups in total. The first kappa shape index (κ1) is 89.0. The zero-order chi connectivity index (χ0) is 66.5. The van der Waals surface area contributed by atoms with Crippen LogP contribution in [0.3, 0.4) is 0 Å². The van der Waals surface area contributed by atoms with Crippen LogP contribution < -0.4 is 0 Å². The summed E-state index contributed by atoms with van der Waals surface area (Å²) in [6.07, 6.45) is 62.3. The molecule has 0 aromatic heterocycles. The fourth-order valence-corrected chi connectivity index (χ4v) is 10.6. The normalized spacial score (nSPS) is 11.7. The van der Waals surface area contributed by atoms with Gasteiger partial charge in [0.1, 0.15) is 22.4 Å². The summed E-state index contributed by atoms with van der Waals surface area (Å²) in [5.74, 6) is -1.58. The molecule has 0 saturated heterocycles. The highest BCUT2D eigenvalue weighted by molar-refractivity contribution is 5.71. The fraction of sp³-hybridized carbons (Fsp3) is 0.921. The highest BCUT2D eigenvalue weighted by Gasteiger charge is 2.18. The van der Waals surface area contributed by atoms with E-state index in [1.165, 1.54) is 231 Å². The predicted molar refractivity (Wildman–Crippen MR) is 368 cm³/mol. The number of esters is 4. The molecular weight excluding hydrogens is 1100 g/mol. The number of hydrogen-bond acceptors (Lipinski definition) is 10. The number of carboxylic acids is 2. The fourth-order valence-electron chi connectivity index (χ4n) is 10.6. The topological polar surface area (TPSA) is 180 Å². The van der Waals surface area contributed by atoms with Crippen molar-refractivity contribution < 1.29 is 57.9 Å². The molecule has 0 atom stereocenters. The van der Waals surface area contributed by atoms with Gasteiger partial charge in [-0.05, 0) is 122 Å². The van der Waals surface area contributed by atoms with Crippen molar-refractivity contribution in [2.45, 2.75) is 452 Å². The van der Waals surface area contributed by atoms with Crippen LogP contribution in [0.15, 0.2) is 0 Å². The van der Waals surface area contributed by atoms with Gasteiger partial charge in [-0.2, -0.15) is 0 Å². The largest absolute Gasteiger partial charge is 0.481 e. The zero-order valence-electron chi connectivity index (χ0n) is 60.2. The number of carbonyl (C=O) groups is 6. The Bertz CT molecular complexity index is 1410. The average Bonchev–Trinajstić information content (AvgIpc) is 3.43. The minimum atomic E-state index is -0.673. The van der Waals surface area contributed by atoms with Crippen LogP contribution in [0.1, 0.15) is 430 Å². The summed E-state index contributed by atoms with van der Waals surface area (Å²) in [5, 5.41) is 17.1. The Morgan fingerprint density at radius 2 is 0.273 bits per heavy atom. The molecule has 0 unspecified atom stereocenters. The number of hydrogen-bond donors (Lipinski definition) is 2. The number of carbonyl (C=O) groups excluding carboxylic acids is 4. The van der Waals surface area contributed by atoms with Gasteiger partial charge >= 0.3 is 35.8 Å². The monoisotopic (exact) mass is 1250 g/mol. The molecule has 0 fully saturated rings. The molecule has 0 rings (SSSR count). The lowest BCUT2D eigenvalue weighted by molar-refractivity contribution is -0.156. The first-order chi connectivity index (χ1) is 41.6. The van der Waals surface area contributed by atoms with Crippen LogP contribution in [-0.2, 0) is 47.7 Å². The van der Waals surface area contributed by atoms with E-state index in [1.54, 1.807) is 0 Å². The Labute approximate surface area is 543 Å². The van der Waals surface area contributed by atoms with Gasteiger partial charge in [0.25, 0.3) is 0 Å². The second-order valence-corrected chi connectivity index (χ2v) is 29.6. The van der Waals surface area contributed by atoms with Crippen molar-refractivity contribution in [2.75, 3.05) is 0 Å². The van der Waals surface area contributed by atoms with Gasteiger partial charge in [-0.3, -0.25) is 28.8 Å². The van der Waals surface area contributed by atoms with Crippen molar-refractivity contribution in [1.82, 2.24) is 0 Å². The first-order valence-corrected chi connectivity index (χ1v) is 36.9. The molecule has 0 heterocycles. The van der Waals surface area contributed by atoms with Gasteiger partial charge in [-0.25, -0.2) is 0 Å². The molecule has 12 nitrogen and oxygen atoms in total. The summed E-state index contributed by atoms with van der Waals surface area (Å²) >= 11 is 0. The van der Waals surface area contributed by atoms with E-state index in [0.717, 1.165) is 77.0 Å². The van der Waals surface area contributed by atoms with Gasteiger partial charge in [-0.15, -0.1) is 0 Å². The summed E-state index contributed by atoms with van der Waals surface area (Å²) in [6, 6.07) is 0. The lowest BCUT2D eigenvalue weighted by Crippen LogP contribution is -2.23. The van der Waals surface area contributed by atoms with Gasteiger partial charge in [0.05, 0.1) is 0 Å². The van der Waals surface area contributed by atoms with E-state index in [0.29, 0.717) is 38.5 Å². The molecule has 0 aliphatic rings. The molecule has 12 heteroatoms. The Kier molecular flexibility index (Phi) is 62.0. The summed E-state index contributed by atoms with van der Waals surface area (Å²) in [5.41, 5.74) is -1.44. The second kappa shape index (κ2) is 61.3. The molecule has 522 valence electrons. The molecular formula is C76H146O12. The Morgan fingerprint density at radius 1 is 0.182 bits per heavy atom. The molecule has 0 aliphatic carbocycles. The maximum absolute atomic E-state index is 11.6. The number of aliphatic carboxylic acids is 2. The van der Waals surface area contributed by atoms with Crippen LogP contribution in [0, 0.1) is 0 Å². The van der Waals surface area contributed by atoms with Crippen LogP contribution in [0.5, 0.6) is 0 Å². The molecule has 0 radical (unpaired) electrons. The number of rotatable bonds is 57. The third-order valence-corrected chi connectivity index (χ3v) is 15.2. The number of unbranched alkanes of at least 4 members (excludes halogenated alkanes) is 45. The molecule has 88 heavy (non-hydrogen) atoms. The Morgan fingerprint density at radius 3 is 0.364 bits per heavy atom. The van der Waals surface area contributed by atoms with Crippen LogP contribution in [0.25, 0.3) is 0 Å². The van der Waals surface area contributed by atoms with E-state index >= 15 is 0 Å². The van der Waals surface area contributed by atoms with E-state index in [4.69, 9.17) is 29.2 Å². The minimum absolute atomic E-state index is 0.0595. The van der Waals surface area contributed by atoms with Crippen molar-refractivity contribution in [2.24, 2.45) is 0 Å². The molecule has 0 saturated carbocycles. The zero-order valence-corrected chi connectivity index (χ0v) is 60.2. The third-order valence-electron chi connectivity index (χ3n) is 15.2. The SMILES string of the molecule is CC(C)(C)OC(=O)CCCCCCCCCCCCCCCCCCC(=O)OC(C)(C)C.CC(C)(C)OC(=O)CCCCCCCCCCCCCCCCCCC(=O)OC(C)(C)C.O=C(O)CCCCCCCCCCCCCCCCCCC(=O)O. The smallest absolute Gasteiger partial charge is 0.306 e. The lowest BCUT2D eigenvalue weighted by Gasteiger charge is -2.19. The number of ether oxygens (including phenoxy) is 4. The Hall–Kier alpha value is -3.18. The van der Waals surface area contributed by atoms with Crippen molar-refractivity contribution in [1.29, 1.82) is 0 Å². The van der Waals surface area contributed by atoms with E-state index in [9.17, 15) is 28.8 Å². The molecule has 0 aliphatic heterocycles. The van der Waals surface area contributed by atoms with Gasteiger partial charge in [0, 0.05) is 38.5 Å². The van der Waals surface area contributed by atoms with Crippen LogP contribution in [-0.4, -0.2) is 68.4 Å². The predicted octanol–water partition coefficient (Wildman–Crippen LogP) is 23.6. The second-order valence-electron chi connectivity index (χ2n) is 29.6. The van der Waals surface area contributed by atoms with E-state index in [-0.39, 0.29) is 46.3 Å². The molecule has 0 bridgehead atoms. The van der Waals surface area contributed by atoms with Crippen LogP contribution in [0.2, 0.25) is 0 Å². The lowest BCUT2D eigenvalue weighted by atomic mass is 10.0. The van der Waals surface area contributed by atoms with Gasteiger partial charge in [-0.1, -0.05) is 270 Å². The van der Waals surface area contributed by atoms with Crippen molar-refractivity contribution in [3.05, 3.63) is 0 Å². The van der Waals surface area contributed by atoms with Crippen LogP contribution in [0.4, 0.5) is 0 Å². The van der Waals surface area contributed by atoms with Gasteiger partial charge < -0.3 is 29.2 Å². The van der Waals surface area contributed by atoms with Crippen molar-refractivity contribution >= 4 is 35.8 Å².